The zero-order chi connectivity index (χ0) is 12.1. The minimum atomic E-state index is -0.474. The SMILES string of the molecule is NC(=S)N/N=C/c1ccc([N+](=O)[O-])c(Br)c1. The lowest BCUT2D eigenvalue weighted by Crippen LogP contribution is -2.23. The maximum absolute atomic E-state index is 10.5. The Hall–Kier alpha value is -1.54. The van der Waals surface area contributed by atoms with Crippen LogP contribution in [0.25, 0.3) is 0 Å². The molecule has 0 saturated carbocycles. The Kier molecular flexibility index (Phi) is 4.32. The molecule has 0 heterocycles. The van der Waals surface area contributed by atoms with Crippen LogP contribution in [0.15, 0.2) is 27.8 Å². The van der Waals surface area contributed by atoms with Gasteiger partial charge in [0.15, 0.2) is 5.11 Å². The number of hydrazone groups is 1. The fourth-order valence-corrected chi connectivity index (χ4v) is 1.52. The Morgan fingerprint density at radius 2 is 2.38 bits per heavy atom. The molecule has 0 aliphatic rings. The first-order chi connectivity index (χ1) is 7.50. The van der Waals surface area contributed by atoms with E-state index in [1.54, 1.807) is 12.1 Å². The van der Waals surface area contributed by atoms with E-state index in [2.05, 4.69) is 38.7 Å². The van der Waals surface area contributed by atoms with E-state index >= 15 is 0 Å². The molecule has 16 heavy (non-hydrogen) atoms. The summed E-state index contributed by atoms with van der Waals surface area (Å²) < 4.78 is 0.386. The van der Waals surface area contributed by atoms with E-state index in [0.717, 1.165) is 0 Å². The predicted octanol–water partition coefficient (Wildman–Crippen LogP) is 1.52. The van der Waals surface area contributed by atoms with Gasteiger partial charge in [0.2, 0.25) is 0 Å². The molecule has 0 atom stereocenters. The van der Waals surface area contributed by atoms with Crippen LogP contribution < -0.4 is 11.2 Å². The van der Waals surface area contributed by atoms with Crippen molar-refractivity contribution in [3.63, 3.8) is 0 Å². The van der Waals surface area contributed by atoms with Gasteiger partial charge in [-0.2, -0.15) is 5.10 Å². The average molecular weight is 303 g/mol. The number of thiocarbonyl (C=S) groups is 1. The molecule has 0 fully saturated rings. The second-order valence-electron chi connectivity index (χ2n) is 2.70. The van der Waals surface area contributed by atoms with Crippen molar-refractivity contribution in [2.24, 2.45) is 10.8 Å². The van der Waals surface area contributed by atoms with Crippen LogP contribution in [0.1, 0.15) is 5.56 Å². The van der Waals surface area contributed by atoms with Crippen molar-refractivity contribution in [1.29, 1.82) is 0 Å². The van der Waals surface area contributed by atoms with Gasteiger partial charge >= 0.3 is 0 Å². The zero-order valence-corrected chi connectivity index (χ0v) is 10.3. The lowest BCUT2D eigenvalue weighted by molar-refractivity contribution is -0.385. The first-order valence-corrected chi connectivity index (χ1v) is 5.23. The molecule has 1 aromatic rings. The lowest BCUT2D eigenvalue weighted by Gasteiger charge is -1.97. The van der Waals surface area contributed by atoms with Gasteiger partial charge < -0.3 is 5.73 Å². The summed E-state index contributed by atoms with van der Waals surface area (Å²) in [6.07, 6.45) is 1.45. The molecule has 0 unspecified atom stereocenters. The van der Waals surface area contributed by atoms with E-state index in [4.69, 9.17) is 5.73 Å². The molecule has 0 radical (unpaired) electrons. The van der Waals surface area contributed by atoms with Crippen molar-refractivity contribution in [3.05, 3.63) is 38.3 Å². The van der Waals surface area contributed by atoms with Gasteiger partial charge in [-0.1, -0.05) is 0 Å². The largest absolute Gasteiger partial charge is 0.375 e. The third-order valence-electron chi connectivity index (χ3n) is 1.56. The van der Waals surface area contributed by atoms with Crippen molar-refractivity contribution >= 4 is 45.2 Å². The molecular formula is C8H7BrN4O2S. The highest BCUT2D eigenvalue weighted by molar-refractivity contribution is 9.10. The Bertz CT molecular complexity index is 463. The van der Waals surface area contributed by atoms with E-state index in [1.165, 1.54) is 12.3 Å². The Morgan fingerprint density at radius 3 is 2.88 bits per heavy atom. The van der Waals surface area contributed by atoms with Crippen LogP contribution in [0.3, 0.4) is 0 Å². The van der Waals surface area contributed by atoms with E-state index in [-0.39, 0.29) is 10.8 Å². The first-order valence-electron chi connectivity index (χ1n) is 4.03. The van der Waals surface area contributed by atoms with Crippen LogP contribution in [0.5, 0.6) is 0 Å². The monoisotopic (exact) mass is 302 g/mol. The van der Waals surface area contributed by atoms with Crippen molar-refractivity contribution in [3.8, 4) is 0 Å². The normalized spacial score (nSPS) is 10.3. The minimum absolute atomic E-state index is 0.000505. The summed E-state index contributed by atoms with van der Waals surface area (Å²) in [5, 5.41) is 14.3. The number of rotatable bonds is 3. The van der Waals surface area contributed by atoms with E-state index in [1.807, 2.05) is 0 Å². The number of halogens is 1. The predicted molar refractivity (Wildman–Crippen MR) is 68.3 cm³/mol. The van der Waals surface area contributed by atoms with Crippen LogP contribution in [0, 0.1) is 10.1 Å². The van der Waals surface area contributed by atoms with Crippen LogP contribution in [0.2, 0.25) is 0 Å². The quantitative estimate of drug-likeness (QED) is 0.382. The smallest absolute Gasteiger partial charge is 0.283 e. The number of nitrogens with one attached hydrogen (secondary N) is 1. The summed E-state index contributed by atoms with van der Waals surface area (Å²) in [5.74, 6) is 0. The molecule has 0 aliphatic heterocycles. The maximum Gasteiger partial charge on any atom is 0.283 e. The van der Waals surface area contributed by atoms with Gasteiger partial charge in [0.05, 0.1) is 15.6 Å². The highest BCUT2D eigenvalue weighted by Gasteiger charge is 2.10. The zero-order valence-electron chi connectivity index (χ0n) is 7.88. The number of benzene rings is 1. The van der Waals surface area contributed by atoms with Crippen LogP contribution >= 0.6 is 28.1 Å². The minimum Gasteiger partial charge on any atom is -0.375 e. The van der Waals surface area contributed by atoms with Gasteiger partial charge in [-0.05, 0) is 45.8 Å². The van der Waals surface area contributed by atoms with Gasteiger partial charge in [-0.25, -0.2) is 0 Å². The van der Waals surface area contributed by atoms with E-state index in [9.17, 15) is 10.1 Å². The molecule has 1 aromatic carbocycles. The second-order valence-corrected chi connectivity index (χ2v) is 4.00. The van der Waals surface area contributed by atoms with Crippen molar-refractivity contribution in [2.75, 3.05) is 0 Å². The number of hydrogen-bond acceptors (Lipinski definition) is 4. The van der Waals surface area contributed by atoms with Gasteiger partial charge in [0.1, 0.15) is 0 Å². The molecule has 3 N–H and O–H groups in total. The third-order valence-corrected chi connectivity index (χ3v) is 2.28. The molecule has 8 heteroatoms. The number of nitro groups is 1. The molecule has 6 nitrogen and oxygen atoms in total. The molecule has 0 aliphatic carbocycles. The van der Waals surface area contributed by atoms with E-state index < -0.39 is 4.92 Å². The standard InChI is InChI=1S/C8H7BrN4O2S/c9-6-3-5(4-11-12-8(10)16)1-2-7(6)13(14)15/h1-4H,(H3,10,12,16)/b11-4+. The molecule has 0 bridgehead atoms. The summed E-state index contributed by atoms with van der Waals surface area (Å²) >= 11 is 7.64. The third kappa shape index (κ3) is 3.55. The van der Waals surface area contributed by atoms with Crippen LogP contribution in [0.4, 0.5) is 5.69 Å². The summed E-state index contributed by atoms with van der Waals surface area (Å²) in [4.78, 5) is 10.1. The molecule has 1 rings (SSSR count). The molecule has 84 valence electrons. The molecule has 0 saturated heterocycles. The topological polar surface area (TPSA) is 93.5 Å². The van der Waals surface area contributed by atoms with Crippen molar-refractivity contribution in [1.82, 2.24) is 5.43 Å². The maximum atomic E-state index is 10.5. The highest BCUT2D eigenvalue weighted by Crippen LogP contribution is 2.24. The van der Waals surface area contributed by atoms with E-state index in [0.29, 0.717) is 10.0 Å². The fourth-order valence-electron chi connectivity index (χ4n) is 0.922. The van der Waals surface area contributed by atoms with Crippen molar-refractivity contribution < 1.29 is 4.92 Å². The lowest BCUT2D eigenvalue weighted by atomic mass is 10.2. The summed E-state index contributed by atoms with van der Waals surface area (Å²) in [7, 11) is 0. The fraction of sp³-hybridized carbons (Fsp3) is 0. The van der Waals surface area contributed by atoms with Gasteiger partial charge in [0.25, 0.3) is 5.69 Å². The summed E-state index contributed by atoms with van der Waals surface area (Å²) in [6, 6.07) is 4.52. The highest BCUT2D eigenvalue weighted by atomic mass is 79.9. The first kappa shape index (κ1) is 12.5. The number of hydrogen-bond donors (Lipinski definition) is 2. The number of nitrogens with zero attached hydrogens (tertiary/aromatic N) is 2. The van der Waals surface area contributed by atoms with Crippen molar-refractivity contribution in [2.45, 2.75) is 0 Å². The average Bonchev–Trinajstić information content (AvgIpc) is 2.16. The molecular weight excluding hydrogens is 296 g/mol. The molecule has 0 spiro atoms. The number of nitro benzene ring substituents is 1. The number of nitrogens with two attached hydrogens (primary N) is 1. The Morgan fingerprint density at radius 1 is 1.69 bits per heavy atom. The second kappa shape index (κ2) is 5.52. The molecule has 0 amide bonds. The Labute approximate surface area is 105 Å². The van der Waals surface area contributed by atoms with Gasteiger partial charge in [-0.3, -0.25) is 15.5 Å². The summed E-state index contributed by atoms with van der Waals surface area (Å²) in [6.45, 7) is 0. The van der Waals surface area contributed by atoms with Gasteiger partial charge in [0, 0.05) is 6.07 Å². The molecule has 0 aromatic heterocycles. The Balaban J connectivity index is 2.85. The summed E-state index contributed by atoms with van der Waals surface area (Å²) in [5.41, 5.74) is 8.22. The van der Waals surface area contributed by atoms with Crippen LogP contribution in [-0.4, -0.2) is 16.3 Å². The van der Waals surface area contributed by atoms with Gasteiger partial charge in [-0.15, -0.1) is 0 Å². The van der Waals surface area contributed by atoms with Crippen LogP contribution in [-0.2, 0) is 0 Å².